The smallest absolute Gasteiger partial charge is 0.145 e. The Morgan fingerprint density at radius 3 is 2.86 bits per heavy atom. The highest BCUT2D eigenvalue weighted by atomic mass is 16.6. The van der Waals surface area contributed by atoms with Crippen molar-refractivity contribution in [2.45, 2.75) is 19.1 Å². The van der Waals surface area contributed by atoms with Crippen molar-refractivity contribution in [3.05, 3.63) is 60.2 Å². The molecule has 108 valence electrons. The van der Waals surface area contributed by atoms with Crippen LogP contribution in [-0.2, 0) is 11.4 Å². The van der Waals surface area contributed by atoms with Crippen molar-refractivity contribution in [2.75, 3.05) is 13.6 Å². The summed E-state index contributed by atoms with van der Waals surface area (Å²) < 4.78 is 0. The first-order valence-corrected chi connectivity index (χ1v) is 7.03. The van der Waals surface area contributed by atoms with Gasteiger partial charge in [0.1, 0.15) is 6.10 Å². The maximum Gasteiger partial charge on any atom is 0.145 e. The van der Waals surface area contributed by atoms with E-state index in [0.717, 1.165) is 36.5 Å². The van der Waals surface area contributed by atoms with Crippen LogP contribution in [0.1, 0.15) is 17.7 Å². The number of nitrogens with zero attached hydrogens (tertiary/aromatic N) is 4. The molecule has 0 amide bonds. The van der Waals surface area contributed by atoms with Gasteiger partial charge in [0.25, 0.3) is 0 Å². The summed E-state index contributed by atoms with van der Waals surface area (Å²) in [7, 11) is 2.05. The summed E-state index contributed by atoms with van der Waals surface area (Å²) in [5.74, 6) is 0. The van der Waals surface area contributed by atoms with Crippen LogP contribution in [0.25, 0.3) is 0 Å². The molecule has 0 saturated heterocycles. The number of hydrogen-bond acceptors (Lipinski definition) is 5. The van der Waals surface area contributed by atoms with Crippen LogP contribution in [0.15, 0.2) is 54.1 Å². The summed E-state index contributed by atoms with van der Waals surface area (Å²) in [6.45, 7) is 1.57. The highest BCUT2D eigenvalue weighted by molar-refractivity contribution is 6.01. The molecule has 0 fully saturated rings. The van der Waals surface area contributed by atoms with Crippen LogP contribution in [0, 0.1) is 0 Å². The first-order chi connectivity index (χ1) is 10.3. The average Bonchev–Trinajstić information content (AvgIpc) is 2.97. The van der Waals surface area contributed by atoms with Crippen molar-refractivity contribution < 1.29 is 4.84 Å². The molecule has 0 spiro atoms. The van der Waals surface area contributed by atoms with Crippen molar-refractivity contribution in [3.8, 4) is 0 Å². The van der Waals surface area contributed by atoms with Gasteiger partial charge in [-0.05, 0) is 12.6 Å². The molecule has 1 aromatic carbocycles. The largest absolute Gasteiger partial charge is 0.390 e. The number of benzene rings is 1. The van der Waals surface area contributed by atoms with Gasteiger partial charge >= 0.3 is 0 Å². The summed E-state index contributed by atoms with van der Waals surface area (Å²) in [5, 5.41) is 4.21. The molecular formula is C16H18N4O. The van der Waals surface area contributed by atoms with Crippen LogP contribution in [0.5, 0.6) is 0 Å². The third kappa shape index (κ3) is 3.64. The van der Waals surface area contributed by atoms with E-state index in [1.807, 2.05) is 18.2 Å². The first-order valence-electron chi connectivity index (χ1n) is 7.03. The molecule has 0 aliphatic carbocycles. The van der Waals surface area contributed by atoms with Gasteiger partial charge in [-0.1, -0.05) is 35.5 Å². The van der Waals surface area contributed by atoms with Gasteiger partial charge in [-0.15, -0.1) is 0 Å². The van der Waals surface area contributed by atoms with E-state index in [0.29, 0.717) is 0 Å². The first kappa shape index (κ1) is 13.7. The Kier molecular flexibility index (Phi) is 4.21. The summed E-state index contributed by atoms with van der Waals surface area (Å²) in [6, 6.07) is 10.2. The minimum atomic E-state index is 0.0990. The Morgan fingerprint density at radius 2 is 2.10 bits per heavy atom. The summed E-state index contributed by atoms with van der Waals surface area (Å²) in [4.78, 5) is 16.1. The second-order valence-corrected chi connectivity index (χ2v) is 5.23. The van der Waals surface area contributed by atoms with Crippen molar-refractivity contribution in [1.29, 1.82) is 0 Å². The number of rotatable bonds is 5. The Labute approximate surface area is 124 Å². The van der Waals surface area contributed by atoms with Gasteiger partial charge in [0.2, 0.25) is 0 Å². The molecule has 1 atom stereocenters. The van der Waals surface area contributed by atoms with Gasteiger partial charge in [-0.3, -0.25) is 14.9 Å². The van der Waals surface area contributed by atoms with E-state index >= 15 is 0 Å². The second-order valence-electron chi connectivity index (χ2n) is 5.23. The Hall–Kier alpha value is -2.27. The average molecular weight is 282 g/mol. The van der Waals surface area contributed by atoms with E-state index in [9.17, 15) is 0 Å². The maximum atomic E-state index is 5.54. The molecule has 0 N–H and O–H groups in total. The quantitative estimate of drug-likeness (QED) is 0.842. The SMILES string of the molecule is CN(Cc1cnccn1)CC1CC(c2ccccc2)=NO1. The zero-order valence-corrected chi connectivity index (χ0v) is 12.0. The molecule has 0 bridgehead atoms. The standard InChI is InChI=1S/C16H18N4O/c1-20(11-14-10-17-7-8-18-14)12-15-9-16(19-21-15)13-5-3-2-4-6-13/h2-8,10,15H,9,11-12H2,1H3. The normalized spacial score (nSPS) is 17.6. The predicted molar refractivity (Wildman–Crippen MR) is 80.8 cm³/mol. The molecule has 1 aliphatic rings. The van der Waals surface area contributed by atoms with Crippen LogP contribution >= 0.6 is 0 Å². The van der Waals surface area contributed by atoms with Gasteiger partial charge in [0.05, 0.1) is 11.4 Å². The molecule has 1 aromatic heterocycles. The molecular weight excluding hydrogens is 264 g/mol. The molecule has 2 aromatic rings. The van der Waals surface area contributed by atoms with Crippen molar-refractivity contribution in [1.82, 2.24) is 14.9 Å². The number of hydrogen-bond donors (Lipinski definition) is 0. The molecule has 21 heavy (non-hydrogen) atoms. The van der Waals surface area contributed by atoms with E-state index in [1.54, 1.807) is 18.6 Å². The third-order valence-electron chi connectivity index (χ3n) is 3.40. The third-order valence-corrected chi connectivity index (χ3v) is 3.40. The van der Waals surface area contributed by atoms with Gasteiger partial charge < -0.3 is 4.84 Å². The fourth-order valence-corrected chi connectivity index (χ4v) is 2.43. The molecule has 1 aliphatic heterocycles. The fourth-order valence-electron chi connectivity index (χ4n) is 2.43. The monoisotopic (exact) mass is 282 g/mol. The molecule has 0 radical (unpaired) electrons. The summed E-state index contributed by atoms with van der Waals surface area (Å²) in [5.41, 5.74) is 3.12. The van der Waals surface area contributed by atoms with Gasteiger partial charge in [-0.2, -0.15) is 0 Å². The Balaban J connectivity index is 1.52. The molecule has 5 nitrogen and oxygen atoms in total. The molecule has 3 rings (SSSR count). The minimum absolute atomic E-state index is 0.0990. The van der Waals surface area contributed by atoms with Crippen LogP contribution < -0.4 is 0 Å². The topological polar surface area (TPSA) is 50.6 Å². The highest BCUT2D eigenvalue weighted by Crippen LogP contribution is 2.17. The molecule has 5 heteroatoms. The molecule has 1 unspecified atom stereocenters. The lowest BCUT2D eigenvalue weighted by Crippen LogP contribution is -2.29. The number of likely N-dealkylation sites (N-methyl/N-ethyl adjacent to an activating group) is 1. The van der Waals surface area contributed by atoms with E-state index in [-0.39, 0.29) is 6.10 Å². The van der Waals surface area contributed by atoms with Crippen molar-refractivity contribution in [3.63, 3.8) is 0 Å². The Bertz CT molecular complexity index is 600. The highest BCUT2D eigenvalue weighted by Gasteiger charge is 2.23. The summed E-state index contributed by atoms with van der Waals surface area (Å²) in [6.07, 6.45) is 6.13. The van der Waals surface area contributed by atoms with Crippen molar-refractivity contribution in [2.24, 2.45) is 5.16 Å². The molecule has 0 saturated carbocycles. The van der Waals surface area contributed by atoms with E-state index < -0.39 is 0 Å². The maximum absolute atomic E-state index is 5.54. The lowest BCUT2D eigenvalue weighted by atomic mass is 10.1. The zero-order valence-electron chi connectivity index (χ0n) is 12.0. The van der Waals surface area contributed by atoms with E-state index in [1.165, 1.54) is 0 Å². The minimum Gasteiger partial charge on any atom is -0.390 e. The fraction of sp³-hybridized carbons (Fsp3) is 0.312. The lowest BCUT2D eigenvalue weighted by molar-refractivity contribution is 0.0574. The van der Waals surface area contributed by atoms with Crippen LogP contribution in [0.2, 0.25) is 0 Å². The Morgan fingerprint density at radius 1 is 1.24 bits per heavy atom. The van der Waals surface area contributed by atoms with E-state index in [2.05, 4.69) is 39.2 Å². The van der Waals surface area contributed by atoms with Crippen LogP contribution in [0.4, 0.5) is 0 Å². The molecule has 2 heterocycles. The van der Waals surface area contributed by atoms with Gasteiger partial charge in [0.15, 0.2) is 0 Å². The van der Waals surface area contributed by atoms with Crippen LogP contribution in [0.3, 0.4) is 0 Å². The van der Waals surface area contributed by atoms with Gasteiger partial charge in [0, 0.05) is 38.1 Å². The zero-order chi connectivity index (χ0) is 14.5. The summed E-state index contributed by atoms with van der Waals surface area (Å²) >= 11 is 0. The predicted octanol–water partition coefficient (Wildman–Crippen LogP) is 2.10. The number of oxime groups is 1. The lowest BCUT2D eigenvalue weighted by Gasteiger charge is -2.18. The van der Waals surface area contributed by atoms with Crippen LogP contribution in [-0.4, -0.2) is 40.3 Å². The second kappa shape index (κ2) is 6.45. The van der Waals surface area contributed by atoms with E-state index in [4.69, 9.17) is 4.84 Å². The van der Waals surface area contributed by atoms with Crippen molar-refractivity contribution >= 4 is 5.71 Å². The van der Waals surface area contributed by atoms with Gasteiger partial charge in [-0.25, -0.2) is 0 Å². The number of aromatic nitrogens is 2.